The van der Waals surface area contributed by atoms with Gasteiger partial charge < -0.3 is 10.2 Å². The predicted octanol–water partition coefficient (Wildman–Crippen LogP) is 6.57. The van der Waals surface area contributed by atoms with Gasteiger partial charge in [-0.05, 0) is 66.4 Å². The number of para-hydroxylation sites is 1. The second-order valence-electron chi connectivity index (χ2n) is 9.03. The van der Waals surface area contributed by atoms with Crippen LogP contribution in [0.4, 0.5) is 10.1 Å². The van der Waals surface area contributed by atoms with Gasteiger partial charge in [0.15, 0.2) is 0 Å². The first kappa shape index (κ1) is 23.4. The molecule has 0 spiro atoms. The number of hydrogen-bond acceptors (Lipinski definition) is 3. The third-order valence-electron chi connectivity index (χ3n) is 6.50. The standard InChI is InChI=1S/C29H27FN2O2S/c30-23-16-12-21(13-17-23)19-32-25-8-4-5-9-26(25)35-27(29(32)34)18-20-10-14-22(15-11-20)28(33)31-24-6-2-1-3-7-24/h4-5,8-18,24H,1-3,6-7,19H2,(H,31,33)/b27-18-. The number of halogens is 1. The first-order chi connectivity index (χ1) is 17.1. The minimum atomic E-state index is -0.300. The van der Waals surface area contributed by atoms with Gasteiger partial charge in [0.1, 0.15) is 5.82 Å². The van der Waals surface area contributed by atoms with Gasteiger partial charge in [0.25, 0.3) is 11.8 Å². The molecule has 0 unspecified atom stereocenters. The van der Waals surface area contributed by atoms with Gasteiger partial charge in [-0.3, -0.25) is 9.59 Å². The van der Waals surface area contributed by atoms with Crippen LogP contribution in [0.2, 0.25) is 0 Å². The molecule has 2 amide bonds. The minimum Gasteiger partial charge on any atom is -0.349 e. The summed E-state index contributed by atoms with van der Waals surface area (Å²) in [5, 5.41) is 3.14. The van der Waals surface area contributed by atoms with Crippen molar-refractivity contribution in [2.45, 2.75) is 49.6 Å². The lowest BCUT2D eigenvalue weighted by atomic mass is 9.95. The molecule has 1 aliphatic heterocycles. The smallest absolute Gasteiger partial charge is 0.265 e. The Balaban J connectivity index is 1.35. The molecule has 35 heavy (non-hydrogen) atoms. The number of carbonyl (C=O) groups excluding carboxylic acids is 2. The summed E-state index contributed by atoms with van der Waals surface area (Å²) in [5.41, 5.74) is 3.19. The van der Waals surface area contributed by atoms with Crippen LogP contribution in [0.3, 0.4) is 0 Å². The van der Waals surface area contributed by atoms with Crippen molar-refractivity contribution in [1.82, 2.24) is 5.32 Å². The van der Waals surface area contributed by atoms with E-state index in [9.17, 15) is 14.0 Å². The van der Waals surface area contributed by atoms with Crippen molar-refractivity contribution in [3.63, 3.8) is 0 Å². The number of fused-ring (bicyclic) bond motifs is 1. The number of thioether (sulfide) groups is 1. The van der Waals surface area contributed by atoms with Crippen molar-refractivity contribution in [2.75, 3.05) is 4.90 Å². The normalized spacial score (nSPS) is 17.3. The minimum absolute atomic E-state index is 0.0429. The fraction of sp³-hybridized carbons (Fsp3) is 0.241. The summed E-state index contributed by atoms with van der Waals surface area (Å²) >= 11 is 1.44. The van der Waals surface area contributed by atoms with E-state index in [2.05, 4.69) is 5.32 Å². The van der Waals surface area contributed by atoms with Gasteiger partial charge in [-0.25, -0.2) is 4.39 Å². The molecule has 1 heterocycles. The van der Waals surface area contributed by atoms with Gasteiger partial charge in [0.2, 0.25) is 0 Å². The first-order valence-electron chi connectivity index (χ1n) is 12.0. The Kier molecular flexibility index (Phi) is 7.00. The number of rotatable bonds is 5. The van der Waals surface area contributed by atoms with E-state index in [0.717, 1.165) is 34.6 Å². The third-order valence-corrected chi connectivity index (χ3v) is 7.57. The molecule has 1 saturated carbocycles. The molecule has 0 atom stereocenters. The number of nitrogens with one attached hydrogen (secondary N) is 1. The van der Waals surface area contributed by atoms with Crippen LogP contribution in [-0.4, -0.2) is 17.9 Å². The van der Waals surface area contributed by atoms with Gasteiger partial charge in [0.05, 0.1) is 17.1 Å². The van der Waals surface area contributed by atoms with E-state index >= 15 is 0 Å². The highest BCUT2D eigenvalue weighted by molar-refractivity contribution is 8.04. The van der Waals surface area contributed by atoms with Crippen LogP contribution in [0.5, 0.6) is 0 Å². The first-order valence-corrected chi connectivity index (χ1v) is 12.8. The van der Waals surface area contributed by atoms with Crippen molar-refractivity contribution in [3.8, 4) is 0 Å². The van der Waals surface area contributed by atoms with Crippen LogP contribution in [0, 0.1) is 5.82 Å². The van der Waals surface area contributed by atoms with E-state index in [1.807, 2.05) is 54.6 Å². The second kappa shape index (κ2) is 10.5. The Bertz CT molecular complexity index is 1250. The van der Waals surface area contributed by atoms with Crippen molar-refractivity contribution < 1.29 is 14.0 Å². The van der Waals surface area contributed by atoms with Crippen LogP contribution in [-0.2, 0) is 11.3 Å². The molecule has 4 nitrogen and oxygen atoms in total. The maximum absolute atomic E-state index is 13.5. The fourth-order valence-electron chi connectivity index (χ4n) is 4.59. The van der Waals surface area contributed by atoms with Crippen molar-refractivity contribution in [2.24, 2.45) is 0 Å². The maximum Gasteiger partial charge on any atom is 0.265 e. The highest BCUT2D eigenvalue weighted by Crippen LogP contribution is 2.42. The molecule has 0 radical (unpaired) electrons. The molecule has 0 aromatic heterocycles. The Morgan fingerprint density at radius 3 is 2.43 bits per heavy atom. The van der Waals surface area contributed by atoms with Gasteiger partial charge >= 0.3 is 0 Å². The summed E-state index contributed by atoms with van der Waals surface area (Å²) in [6, 6.07) is 21.7. The number of nitrogens with zero attached hydrogens (tertiary/aromatic N) is 1. The Hall–Kier alpha value is -3.38. The lowest BCUT2D eigenvalue weighted by Gasteiger charge is -2.30. The lowest BCUT2D eigenvalue weighted by Crippen LogP contribution is -2.36. The molecule has 1 N–H and O–H groups in total. The quantitative estimate of drug-likeness (QED) is 0.415. The monoisotopic (exact) mass is 486 g/mol. The van der Waals surface area contributed by atoms with E-state index in [0.29, 0.717) is 17.0 Å². The number of amides is 2. The molecule has 6 heteroatoms. The Morgan fingerprint density at radius 1 is 0.971 bits per heavy atom. The van der Waals surface area contributed by atoms with Gasteiger partial charge in [0, 0.05) is 16.5 Å². The zero-order chi connectivity index (χ0) is 24.2. The number of benzene rings is 3. The number of carbonyl (C=O) groups is 2. The van der Waals surface area contributed by atoms with Crippen LogP contribution >= 0.6 is 11.8 Å². The summed E-state index contributed by atoms with van der Waals surface area (Å²) in [7, 11) is 0. The largest absolute Gasteiger partial charge is 0.349 e. The third kappa shape index (κ3) is 5.49. The van der Waals surface area contributed by atoms with Crippen LogP contribution < -0.4 is 10.2 Å². The average Bonchev–Trinajstić information content (AvgIpc) is 2.88. The van der Waals surface area contributed by atoms with Crippen molar-refractivity contribution in [3.05, 3.63) is 100 Å². The highest BCUT2D eigenvalue weighted by atomic mass is 32.2. The zero-order valence-electron chi connectivity index (χ0n) is 19.4. The molecule has 1 aliphatic carbocycles. The molecule has 178 valence electrons. The van der Waals surface area contributed by atoms with Crippen LogP contribution in [0.25, 0.3) is 6.08 Å². The SMILES string of the molecule is O=C(NC1CCCCC1)c1ccc(/C=C2\Sc3ccccc3N(Cc3ccc(F)cc3)C2=O)cc1. The van der Waals surface area contributed by atoms with Crippen molar-refractivity contribution in [1.29, 1.82) is 0 Å². The van der Waals surface area contributed by atoms with E-state index in [-0.39, 0.29) is 23.7 Å². The van der Waals surface area contributed by atoms with Gasteiger partial charge in [-0.15, -0.1) is 0 Å². The molecule has 5 rings (SSSR count). The van der Waals surface area contributed by atoms with Crippen LogP contribution in [0.1, 0.15) is 53.6 Å². The lowest BCUT2D eigenvalue weighted by molar-refractivity contribution is -0.114. The molecular weight excluding hydrogens is 459 g/mol. The van der Waals surface area contributed by atoms with Gasteiger partial charge in [-0.1, -0.05) is 67.4 Å². The second-order valence-corrected chi connectivity index (χ2v) is 10.1. The van der Waals surface area contributed by atoms with E-state index in [4.69, 9.17) is 0 Å². The van der Waals surface area contributed by atoms with Gasteiger partial charge in [-0.2, -0.15) is 0 Å². The highest BCUT2D eigenvalue weighted by Gasteiger charge is 2.29. The summed E-state index contributed by atoms with van der Waals surface area (Å²) in [6.07, 6.45) is 7.55. The Labute approximate surface area is 209 Å². The average molecular weight is 487 g/mol. The van der Waals surface area contributed by atoms with E-state index < -0.39 is 0 Å². The molecular formula is C29H27FN2O2S. The number of hydrogen-bond donors (Lipinski definition) is 1. The summed E-state index contributed by atoms with van der Waals surface area (Å²) < 4.78 is 13.4. The van der Waals surface area contributed by atoms with Crippen LogP contribution in [0.15, 0.2) is 82.6 Å². The topological polar surface area (TPSA) is 49.4 Å². The predicted molar refractivity (Wildman–Crippen MR) is 139 cm³/mol. The number of anilines is 1. The summed E-state index contributed by atoms with van der Waals surface area (Å²) in [6.45, 7) is 0.355. The molecule has 0 bridgehead atoms. The molecule has 1 fully saturated rings. The maximum atomic E-state index is 13.5. The summed E-state index contributed by atoms with van der Waals surface area (Å²) in [4.78, 5) is 29.4. The molecule has 3 aromatic carbocycles. The molecule has 0 saturated heterocycles. The molecule has 3 aromatic rings. The Morgan fingerprint density at radius 2 is 1.69 bits per heavy atom. The zero-order valence-corrected chi connectivity index (χ0v) is 20.2. The van der Waals surface area contributed by atoms with Crippen molar-refractivity contribution >= 4 is 35.3 Å². The van der Waals surface area contributed by atoms with E-state index in [1.54, 1.807) is 17.0 Å². The summed E-state index contributed by atoms with van der Waals surface area (Å²) in [5.74, 6) is -0.443. The fourth-order valence-corrected chi connectivity index (χ4v) is 5.65. The molecule has 2 aliphatic rings. The van der Waals surface area contributed by atoms with E-state index in [1.165, 1.54) is 43.2 Å².